The Hall–Kier alpha value is -0.610. The molecule has 112 valence electrons. The molecular weight excluding hydrogens is 242 g/mol. The Bertz CT molecular complexity index is 258. The SMILES string of the molecule is CCCOC1CCCN(C(CCC)C(=O)OCC)C1. The molecule has 19 heavy (non-hydrogen) atoms. The van der Waals surface area contributed by atoms with Gasteiger partial charge in [-0.1, -0.05) is 20.3 Å². The van der Waals surface area contributed by atoms with Crippen molar-refractivity contribution >= 4 is 5.97 Å². The number of carbonyl (C=O) groups is 1. The van der Waals surface area contributed by atoms with Gasteiger partial charge in [-0.2, -0.15) is 0 Å². The summed E-state index contributed by atoms with van der Waals surface area (Å²) in [5.41, 5.74) is 0. The largest absolute Gasteiger partial charge is 0.465 e. The first kappa shape index (κ1) is 16.4. The van der Waals surface area contributed by atoms with Crippen LogP contribution in [0.25, 0.3) is 0 Å². The molecule has 1 aliphatic rings. The molecule has 0 aromatic carbocycles. The van der Waals surface area contributed by atoms with Crippen molar-refractivity contribution in [3.63, 3.8) is 0 Å². The predicted molar refractivity (Wildman–Crippen MR) is 76.2 cm³/mol. The van der Waals surface area contributed by atoms with Crippen LogP contribution in [0.15, 0.2) is 0 Å². The van der Waals surface area contributed by atoms with E-state index >= 15 is 0 Å². The lowest BCUT2D eigenvalue weighted by Gasteiger charge is -2.36. The number of esters is 1. The first-order valence-corrected chi connectivity index (χ1v) is 7.75. The van der Waals surface area contributed by atoms with Gasteiger partial charge in [-0.15, -0.1) is 0 Å². The summed E-state index contributed by atoms with van der Waals surface area (Å²) in [5.74, 6) is -0.0690. The fraction of sp³-hybridized carbons (Fsp3) is 0.933. The van der Waals surface area contributed by atoms with Crippen molar-refractivity contribution in [2.24, 2.45) is 0 Å². The third kappa shape index (κ3) is 5.49. The highest BCUT2D eigenvalue weighted by Gasteiger charge is 2.30. The molecule has 1 saturated heterocycles. The van der Waals surface area contributed by atoms with Crippen LogP contribution in [0, 0.1) is 0 Å². The second-order valence-corrected chi connectivity index (χ2v) is 5.19. The highest BCUT2D eigenvalue weighted by molar-refractivity contribution is 5.75. The van der Waals surface area contributed by atoms with Crippen molar-refractivity contribution < 1.29 is 14.3 Å². The Morgan fingerprint density at radius 3 is 2.74 bits per heavy atom. The normalized spacial score (nSPS) is 22.2. The molecular formula is C15H29NO3. The van der Waals surface area contributed by atoms with Gasteiger partial charge in [-0.25, -0.2) is 0 Å². The molecule has 0 aromatic heterocycles. The monoisotopic (exact) mass is 271 g/mol. The van der Waals surface area contributed by atoms with Crippen molar-refractivity contribution in [3.8, 4) is 0 Å². The Labute approximate surface area is 117 Å². The van der Waals surface area contributed by atoms with E-state index in [4.69, 9.17) is 9.47 Å². The summed E-state index contributed by atoms with van der Waals surface area (Å²) in [6.07, 6.45) is 5.42. The lowest BCUT2D eigenvalue weighted by atomic mass is 10.0. The van der Waals surface area contributed by atoms with Crippen molar-refractivity contribution in [1.29, 1.82) is 0 Å². The molecule has 1 heterocycles. The van der Waals surface area contributed by atoms with Crippen molar-refractivity contribution in [2.75, 3.05) is 26.3 Å². The van der Waals surface area contributed by atoms with Crippen LogP contribution in [-0.2, 0) is 14.3 Å². The first-order valence-electron chi connectivity index (χ1n) is 7.75. The summed E-state index contributed by atoms with van der Waals surface area (Å²) in [7, 11) is 0. The van der Waals surface area contributed by atoms with E-state index in [2.05, 4.69) is 18.7 Å². The number of piperidine rings is 1. The van der Waals surface area contributed by atoms with Crippen LogP contribution in [0.5, 0.6) is 0 Å². The van der Waals surface area contributed by atoms with E-state index in [-0.39, 0.29) is 18.1 Å². The van der Waals surface area contributed by atoms with Gasteiger partial charge in [0, 0.05) is 13.2 Å². The molecule has 0 bridgehead atoms. The van der Waals surface area contributed by atoms with Crippen molar-refractivity contribution in [2.45, 2.75) is 65.0 Å². The minimum absolute atomic E-state index is 0.0690. The second-order valence-electron chi connectivity index (χ2n) is 5.19. The zero-order chi connectivity index (χ0) is 14.1. The van der Waals surface area contributed by atoms with Crippen LogP contribution >= 0.6 is 0 Å². The van der Waals surface area contributed by atoms with E-state index in [0.29, 0.717) is 6.61 Å². The quantitative estimate of drug-likeness (QED) is 0.636. The van der Waals surface area contributed by atoms with E-state index in [0.717, 1.165) is 51.8 Å². The fourth-order valence-corrected chi connectivity index (χ4v) is 2.63. The number of carbonyl (C=O) groups excluding carboxylic acids is 1. The second kappa shape index (κ2) is 9.32. The molecule has 0 aromatic rings. The van der Waals surface area contributed by atoms with Gasteiger partial charge in [-0.05, 0) is 39.2 Å². The molecule has 1 aliphatic heterocycles. The van der Waals surface area contributed by atoms with Crippen molar-refractivity contribution in [3.05, 3.63) is 0 Å². The number of hydrogen-bond donors (Lipinski definition) is 0. The number of nitrogens with zero attached hydrogens (tertiary/aromatic N) is 1. The molecule has 2 atom stereocenters. The molecule has 4 heteroatoms. The van der Waals surface area contributed by atoms with Gasteiger partial charge in [0.1, 0.15) is 6.04 Å². The van der Waals surface area contributed by atoms with E-state index in [9.17, 15) is 4.79 Å². The van der Waals surface area contributed by atoms with Crippen LogP contribution in [-0.4, -0.2) is 49.3 Å². The maximum atomic E-state index is 12.0. The average molecular weight is 271 g/mol. The van der Waals surface area contributed by atoms with Gasteiger partial charge in [0.2, 0.25) is 0 Å². The summed E-state index contributed by atoms with van der Waals surface area (Å²) in [6.45, 7) is 9.22. The lowest BCUT2D eigenvalue weighted by Crippen LogP contribution is -2.49. The number of likely N-dealkylation sites (tertiary alicyclic amines) is 1. The zero-order valence-electron chi connectivity index (χ0n) is 12.7. The van der Waals surface area contributed by atoms with Crippen LogP contribution in [0.4, 0.5) is 0 Å². The molecule has 0 amide bonds. The van der Waals surface area contributed by atoms with Gasteiger partial charge < -0.3 is 9.47 Å². The van der Waals surface area contributed by atoms with Gasteiger partial charge in [0.15, 0.2) is 0 Å². The predicted octanol–water partition coefficient (Wildman–Crippen LogP) is 2.61. The molecule has 4 nitrogen and oxygen atoms in total. The molecule has 0 spiro atoms. The Morgan fingerprint density at radius 1 is 1.32 bits per heavy atom. The maximum absolute atomic E-state index is 12.0. The molecule has 0 N–H and O–H groups in total. The minimum Gasteiger partial charge on any atom is -0.465 e. The Morgan fingerprint density at radius 2 is 2.11 bits per heavy atom. The molecule has 1 fully saturated rings. The van der Waals surface area contributed by atoms with Gasteiger partial charge >= 0.3 is 5.97 Å². The van der Waals surface area contributed by atoms with E-state index < -0.39 is 0 Å². The molecule has 0 radical (unpaired) electrons. The third-order valence-electron chi connectivity index (χ3n) is 3.53. The summed E-state index contributed by atoms with van der Waals surface area (Å²) >= 11 is 0. The van der Waals surface area contributed by atoms with Gasteiger partial charge in [0.05, 0.1) is 12.7 Å². The summed E-state index contributed by atoms with van der Waals surface area (Å²) in [4.78, 5) is 14.3. The van der Waals surface area contributed by atoms with Crippen LogP contribution < -0.4 is 0 Å². The summed E-state index contributed by atoms with van der Waals surface area (Å²) in [5, 5.41) is 0. The summed E-state index contributed by atoms with van der Waals surface area (Å²) < 4.78 is 11.0. The lowest BCUT2D eigenvalue weighted by molar-refractivity contribution is -0.151. The Balaban J connectivity index is 2.54. The molecule has 0 aliphatic carbocycles. The smallest absolute Gasteiger partial charge is 0.323 e. The molecule has 0 saturated carbocycles. The maximum Gasteiger partial charge on any atom is 0.323 e. The van der Waals surface area contributed by atoms with Gasteiger partial charge in [-0.3, -0.25) is 9.69 Å². The minimum atomic E-state index is -0.0852. The number of ether oxygens (including phenoxy) is 2. The van der Waals surface area contributed by atoms with Crippen LogP contribution in [0.2, 0.25) is 0 Å². The summed E-state index contributed by atoms with van der Waals surface area (Å²) in [6, 6.07) is -0.0852. The first-order chi connectivity index (χ1) is 9.22. The van der Waals surface area contributed by atoms with Crippen molar-refractivity contribution in [1.82, 2.24) is 4.90 Å². The van der Waals surface area contributed by atoms with E-state index in [1.165, 1.54) is 0 Å². The van der Waals surface area contributed by atoms with Crippen LogP contribution in [0.3, 0.4) is 0 Å². The van der Waals surface area contributed by atoms with Gasteiger partial charge in [0.25, 0.3) is 0 Å². The highest BCUT2D eigenvalue weighted by Crippen LogP contribution is 2.19. The highest BCUT2D eigenvalue weighted by atomic mass is 16.5. The molecule has 2 unspecified atom stereocenters. The number of rotatable bonds is 8. The fourth-order valence-electron chi connectivity index (χ4n) is 2.63. The molecule has 1 rings (SSSR count). The number of hydrogen-bond acceptors (Lipinski definition) is 4. The zero-order valence-corrected chi connectivity index (χ0v) is 12.7. The topological polar surface area (TPSA) is 38.8 Å². The van der Waals surface area contributed by atoms with Crippen LogP contribution in [0.1, 0.15) is 52.9 Å². The standard InChI is InChI=1S/C15H29NO3/c1-4-8-14(15(17)18-6-3)16-10-7-9-13(12-16)19-11-5-2/h13-14H,4-12H2,1-3H3. The third-order valence-corrected chi connectivity index (χ3v) is 3.53. The Kier molecular flexibility index (Phi) is 8.07. The average Bonchev–Trinajstić information content (AvgIpc) is 2.43. The van der Waals surface area contributed by atoms with E-state index in [1.807, 2.05) is 6.92 Å². The van der Waals surface area contributed by atoms with E-state index in [1.54, 1.807) is 0 Å².